The van der Waals surface area contributed by atoms with E-state index >= 15 is 0 Å². The van der Waals surface area contributed by atoms with Crippen LogP contribution in [0.3, 0.4) is 0 Å². The van der Waals surface area contributed by atoms with Crippen molar-refractivity contribution in [2.75, 3.05) is 11.9 Å². The Hall–Kier alpha value is -1.44. The zero-order valence-electron chi connectivity index (χ0n) is 14.4. The number of nitrogens with one attached hydrogen (secondary N) is 1. The molecule has 1 aromatic rings. The summed E-state index contributed by atoms with van der Waals surface area (Å²) in [7, 11) is 0. The first kappa shape index (κ1) is 17.4. The van der Waals surface area contributed by atoms with Gasteiger partial charge in [0.25, 0.3) is 5.91 Å². The number of carbonyl (C=O) groups is 2. The van der Waals surface area contributed by atoms with Crippen LogP contribution >= 0.6 is 11.3 Å². The lowest BCUT2D eigenvalue weighted by Crippen LogP contribution is -2.42. The number of amides is 2. The fourth-order valence-corrected chi connectivity index (χ4v) is 4.91. The van der Waals surface area contributed by atoms with Crippen molar-refractivity contribution >= 4 is 28.2 Å². The number of aliphatic hydroxyl groups excluding tert-OH is 1. The first-order chi connectivity index (χ1) is 11.1. The lowest BCUT2D eigenvalue weighted by atomic mass is 9.86. The molecule has 2 atom stereocenters. The monoisotopic (exact) mass is 352 g/mol. The number of anilines is 1. The van der Waals surface area contributed by atoms with E-state index in [9.17, 15) is 9.59 Å². The second-order valence-electron chi connectivity index (χ2n) is 7.80. The molecular formula is C17H24N2O4S. The van der Waals surface area contributed by atoms with Crippen molar-refractivity contribution in [3.05, 3.63) is 16.0 Å². The number of ether oxygens (including phenoxy) is 1. The molecule has 2 unspecified atom stereocenters. The minimum atomic E-state index is -0.553. The standard InChI is InChI=1S/C17H24N2O4S/c1-16(2)6-10-11(13(18)21)15(24-12(10)17(3,4)23-16)19-14(22)9-5-8(9)7-20/h8-9,20H,5-7H2,1-4H3,(H2,18,21)(H,19,22). The number of hydrogen-bond donors (Lipinski definition) is 3. The fourth-order valence-electron chi connectivity index (χ4n) is 3.64. The summed E-state index contributed by atoms with van der Waals surface area (Å²) in [5, 5.41) is 12.5. The highest BCUT2D eigenvalue weighted by Crippen LogP contribution is 2.48. The van der Waals surface area contributed by atoms with Gasteiger partial charge in [0.2, 0.25) is 5.91 Å². The second kappa shape index (κ2) is 5.54. The van der Waals surface area contributed by atoms with E-state index < -0.39 is 17.1 Å². The van der Waals surface area contributed by atoms with E-state index in [1.165, 1.54) is 11.3 Å². The van der Waals surface area contributed by atoms with Crippen LogP contribution in [0.2, 0.25) is 0 Å². The minimum absolute atomic E-state index is 0.0107. The van der Waals surface area contributed by atoms with Crippen LogP contribution in [0.4, 0.5) is 5.00 Å². The number of aliphatic hydroxyl groups is 1. The van der Waals surface area contributed by atoms with Crippen LogP contribution in [0.5, 0.6) is 0 Å². The van der Waals surface area contributed by atoms with Crippen molar-refractivity contribution in [1.82, 2.24) is 0 Å². The zero-order valence-corrected chi connectivity index (χ0v) is 15.3. The molecule has 2 amide bonds. The van der Waals surface area contributed by atoms with Gasteiger partial charge in [-0.3, -0.25) is 9.59 Å². The predicted molar refractivity (Wildman–Crippen MR) is 92.0 cm³/mol. The van der Waals surface area contributed by atoms with E-state index in [0.29, 0.717) is 23.4 Å². The van der Waals surface area contributed by atoms with Crippen LogP contribution in [-0.2, 0) is 21.6 Å². The Labute approximate surface area is 145 Å². The third kappa shape index (κ3) is 2.96. The molecule has 1 fully saturated rings. The average Bonchev–Trinajstić information content (AvgIpc) is 3.12. The molecule has 24 heavy (non-hydrogen) atoms. The Morgan fingerprint density at radius 2 is 2.04 bits per heavy atom. The van der Waals surface area contributed by atoms with Gasteiger partial charge < -0.3 is 20.9 Å². The number of hydrogen-bond acceptors (Lipinski definition) is 5. The van der Waals surface area contributed by atoms with Crippen LogP contribution in [-0.4, -0.2) is 29.1 Å². The van der Waals surface area contributed by atoms with Crippen molar-refractivity contribution in [3.8, 4) is 0 Å². The lowest BCUT2D eigenvalue weighted by molar-refractivity contribution is -0.135. The fraction of sp³-hybridized carbons (Fsp3) is 0.647. The normalized spacial score (nSPS) is 26.5. The molecule has 2 heterocycles. The molecular weight excluding hydrogens is 328 g/mol. The van der Waals surface area contributed by atoms with E-state index in [0.717, 1.165) is 10.4 Å². The Balaban J connectivity index is 1.98. The van der Waals surface area contributed by atoms with Crippen LogP contribution in [0.15, 0.2) is 0 Å². The smallest absolute Gasteiger partial charge is 0.251 e. The number of primary amides is 1. The summed E-state index contributed by atoms with van der Waals surface area (Å²) in [4.78, 5) is 25.3. The highest BCUT2D eigenvalue weighted by molar-refractivity contribution is 7.17. The molecule has 132 valence electrons. The van der Waals surface area contributed by atoms with Gasteiger partial charge in [-0.15, -0.1) is 11.3 Å². The van der Waals surface area contributed by atoms with E-state index in [4.69, 9.17) is 15.6 Å². The molecule has 0 bridgehead atoms. The van der Waals surface area contributed by atoms with Gasteiger partial charge in [-0.25, -0.2) is 0 Å². The molecule has 0 saturated heterocycles. The van der Waals surface area contributed by atoms with Crippen LogP contribution < -0.4 is 11.1 Å². The molecule has 0 radical (unpaired) electrons. The molecule has 1 saturated carbocycles. The summed E-state index contributed by atoms with van der Waals surface area (Å²) in [5.74, 6) is -0.857. The van der Waals surface area contributed by atoms with Crippen molar-refractivity contribution in [1.29, 1.82) is 0 Å². The number of fused-ring (bicyclic) bond motifs is 1. The van der Waals surface area contributed by atoms with Crippen molar-refractivity contribution in [2.45, 2.75) is 51.7 Å². The molecule has 3 rings (SSSR count). The highest BCUT2D eigenvalue weighted by atomic mass is 32.1. The van der Waals surface area contributed by atoms with Gasteiger partial charge in [0.05, 0.1) is 16.8 Å². The van der Waals surface area contributed by atoms with Crippen LogP contribution in [0.25, 0.3) is 0 Å². The molecule has 2 aliphatic rings. The maximum atomic E-state index is 12.3. The highest BCUT2D eigenvalue weighted by Gasteiger charge is 2.45. The number of thiophene rings is 1. The molecule has 1 aromatic heterocycles. The summed E-state index contributed by atoms with van der Waals surface area (Å²) in [6.45, 7) is 7.89. The maximum Gasteiger partial charge on any atom is 0.251 e. The van der Waals surface area contributed by atoms with Crippen LogP contribution in [0, 0.1) is 11.8 Å². The summed E-state index contributed by atoms with van der Waals surface area (Å²) in [6.07, 6.45) is 1.25. The largest absolute Gasteiger partial charge is 0.396 e. The second-order valence-corrected chi connectivity index (χ2v) is 8.82. The van der Waals surface area contributed by atoms with E-state index in [-0.39, 0.29) is 24.3 Å². The zero-order chi connectivity index (χ0) is 17.9. The molecule has 6 nitrogen and oxygen atoms in total. The van der Waals surface area contributed by atoms with Crippen molar-refractivity contribution in [2.24, 2.45) is 17.6 Å². The van der Waals surface area contributed by atoms with E-state index in [1.807, 2.05) is 27.7 Å². The topological polar surface area (TPSA) is 102 Å². The first-order valence-corrected chi connectivity index (χ1v) is 8.95. The Morgan fingerprint density at radius 1 is 1.38 bits per heavy atom. The minimum Gasteiger partial charge on any atom is -0.396 e. The van der Waals surface area contributed by atoms with Gasteiger partial charge in [-0.05, 0) is 45.6 Å². The predicted octanol–water partition coefficient (Wildman–Crippen LogP) is 2.00. The molecule has 7 heteroatoms. The molecule has 1 aliphatic heterocycles. The van der Waals surface area contributed by atoms with Crippen molar-refractivity contribution in [3.63, 3.8) is 0 Å². The molecule has 1 aliphatic carbocycles. The first-order valence-electron chi connectivity index (χ1n) is 8.13. The number of carbonyl (C=O) groups excluding carboxylic acids is 2. The van der Waals surface area contributed by atoms with Crippen molar-refractivity contribution < 1.29 is 19.4 Å². The third-order valence-corrected chi connectivity index (χ3v) is 6.12. The van der Waals surface area contributed by atoms with Gasteiger partial charge in [0.15, 0.2) is 0 Å². The molecule has 0 aromatic carbocycles. The quantitative estimate of drug-likeness (QED) is 0.771. The summed E-state index contributed by atoms with van der Waals surface area (Å²) in [6, 6.07) is 0. The lowest BCUT2D eigenvalue weighted by Gasteiger charge is -2.41. The van der Waals surface area contributed by atoms with Gasteiger partial charge in [0.1, 0.15) is 5.00 Å². The molecule has 0 spiro atoms. The third-order valence-electron chi connectivity index (χ3n) is 4.66. The summed E-state index contributed by atoms with van der Waals surface area (Å²) >= 11 is 1.36. The number of rotatable bonds is 4. The van der Waals surface area contributed by atoms with Crippen LogP contribution in [0.1, 0.15) is 54.9 Å². The Morgan fingerprint density at radius 3 is 2.58 bits per heavy atom. The van der Waals surface area contributed by atoms with Gasteiger partial charge in [0, 0.05) is 23.8 Å². The van der Waals surface area contributed by atoms with E-state index in [2.05, 4.69) is 5.32 Å². The SMILES string of the molecule is CC1(C)Cc2c(sc(NC(=O)C3CC3CO)c2C(N)=O)C(C)(C)O1. The summed E-state index contributed by atoms with van der Waals surface area (Å²) < 4.78 is 6.15. The molecule has 4 N–H and O–H groups in total. The van der Waals surface area contributed by atoms with Gasteiger partial charge >= 0.3 is 0 Å². The maximum absolute atomic E-state index is 12.3. The van der Waals surface area contributed by atoms with Gasteiger partial charge in [-0.2, -0.15) is 0 Å². The van der Waals surface area contributed by atoms with Gasteiger partial charge in [-0.1, -0.05) is 0 Å². The number of nitrogens with two attached hydrogens (primary N) is 1. The average molecular weight is 352 g/mol. The summed E-state index contributed by atoms with van der Waals surface area (Å²) in [5.41, 5.74) is 5.92. The Bertz CT molecular complexity index is 708. The van der Waals surface area contributed by atoms with E-state index in [1.54, 1.807) is 0 Å². The Kier molecular flexibility index (Phi) is 4.01.